The Morgan fingerprint density at radius 1 is 1.33 bits per heavy atom. The van der Waals surface area contributed by atoms with Gasteiger partial charge in [0.1, 0.15) is 12.4 Å². The Hall–Kier alpha value is -0.670. The molecule has 3 atom stereocenters. The van der Waals surface area contributed by atoms with Gasteiger partial charge in [-0.05, 0) is 33.1 Å². The lowest BCUT2D eigenvalue weighted by atomic mass is 10.0. The first-order chi connectivity index (χ1) is 7.15. The fourth-order valence-corrected chi connectivity index (χ4v) is 1.28. The highest BCUT2D eigenvalue weighted by molar-refractivity contribution is 5.56. The quantitative estimate of drug-likeness (QED) is 0.354. The van der Waals surface area contributed by atoms with Gasteiger partial charge in [-0.15, -0.1) is 0 Å². The summed E-state index contributed by atoms with van der Waals surface area (Å²) >= 11 is 0. The minimum atomic E-state index is -0.386. The van der Waals surface area contributed by atoms with Crippen LogP contribution in [0.2, 0.25) is 0 Å². The van der Waals surface area contributed by atoms with Gasteiger partial charge in [0.2, 0.25) is 0 Å². The maximum Gasteiger partial charge on any atom is 0.155 e. The number of carbonyl (C=O) groups is 1. The van der Waals surface area contributed by atoms with Crippen molar-refractivity contribution in [2.45, 2.75) is 46.5 Å². The van der Waals surface area contributed by atoms with Crippen LogP contribution in [0.4, 0.5) is 0 Å². The second kappa shape index (κ2) is 8.62. The highest BCUT2D eigenvalue weighted by atomic mass is 16.7. The van der Waals surface area contributed by atoms with Gasteiger partial charge in [-0.25, -0.2) is 0 Å². The topological polar surface area (TPSA) is 35.5 Å². The molecule has 3 unspecified atom stereocenters. The van der Waals surface area contributed by atoms with Crippen LogP contribution in [0, 0.1) is 5.92 Å². The summed E-state index contributed by atoms with van der Waals surface area (Å²) in [6.45, 7) is 8.27. The third-order valence-corrected chi connectivity index (χ3v) is 2.19. The molecule has 0 N–H and O–H groups in total. The lowest BCUT2D eigenvalue weighted by Crippen LogP contribution is -2.29. The molecule has 0 spiro atoms. The zero-order valence-corrected chi connectivity index (χ0v) is 10.1. The van der Waals surface area contributed by atoms with E-state index in [1.54, 1.807) is 0 Å². The van der Waals surface area contributed by atoms with Crippen LogP contribution in [-0.4, -0.2) is 25.3 Å². The molecule has 0 bridgehead atoms. The highest BCUT2D eigenvalue weighted by Crippen LogP contribution is 2.13. The minimum absolute atomic E-state index is 0.182. The maximum absolute atomic E-state index is 10.8. The first-order valence-corrected chi connectivity index (χ1v) is 5.49. The summed E-state index contributed by atoms with van der Waals surface area (Å²) in [5.74, 6) is 0.182. The van der Waals surface area contributed by atoms with Crippen LogP contribution in [0.15, 0.2) is 12.2 Å². The van der Waals surface area contributed by atoms with Gasteiger partial charge in [-0.2, -0.15) is 0 Å². The van der Waals surface area contributed by atoms with E-state index in [2.05, 4.69) is 0 Å². The van der Waals surface area contributed by atoms with Crippen LogP contribution >= 0.6 is 0 Å². The van der Waals surface area contributed by atoms with Crippen LogP contribution < -0.4 is 0 Å². The zero-order valence-electron chi connectivity index (χ0n) is 10.1. The summed E-state index contributed by atoms with van der Waals surface area (Å²) in [5, 5.41) is 0. The monoisotopic (exact) mass is 214 g/mol. The molecule has 15 heavy (non-hydrogen) atoms. The van der Waals surface area contributed by atoms with Gasteiger partial charge in [-0.3, -0.25) is 0 Å². The fraction of sp³-hybridized carbons (Fsp3) is 0.750. The van der Waals surface area contributed by atoms with E-state index in [-0.39, 0.29) is 18.3 Å². The summed E-state index contributed by atoms with van der Waals surface area (Å²) in [5.41, 5.74) is 0. The largest absolute Gasteiger partial charge is 0.353 e. The van der Waals surface area contributed by atoms with Gasteiger partial charge >= 0.3 is 0 Å². The number of aldehydes is 1. The predicted octanol–water partition coefficient (Wildman–Crippen LogP) is 2.56. The van der Waals surface area contributed by atoms with Gasteiger partial charge < -0.3 is 14.3 Å². The van der Waals surface area contributed by atoms with Crippen molar-refractivity contribution in [1.82, 2.24) is 0 Å². The van der Waals surface area contributed by atoms with E-state index in [0.717, 1.165) is 12.7 Å². The van der Waals surface area contributed by atoms with Crippen molar-refractivity contribution in [1.29, 1.82) is 0 Å². The van der Waals surface area contributed by atoms with E-state index < -0.39 is 0 Å². The molecule has 0 aromatic rings. The Bertz CT molecular complexity index is 189. The van der Waals surface area contributed by atoms with Crippen molar-refractivity contribution in [2.75, 3.05) is 6.61 Å². The average Bonchev–Trinajstić information content (AvgIpc) is 2.22. The number of carbonyl (C=O) groups excluding carboxylic acids is 1. The highest BCUT2D eigenvalue weighted by Gasteiger charge is 2.18. The molecular formula is C12H22O3. The van der Waals surface area contributed by atoms with E-state index in [1.807, 2.05) is 39.8 Å². The molecule has 0 saturated carbocycles. The molecule has 0 aliphatic rings. The van der Waals surface area contributed by atoms with Crippen molar-refractivity contribution in [2.24, 2.45) is 5.92 Å². The molecule has 0 saturated heterocycles. The number of allylic oxidation sites excluding steroid dienone is 2. The summed E-state index contributed by atoms with van der Waals surface area (Å²) in [6.07, 6.45) is 5.00. The molecule has 0 fully saturated rings. The van der Waals surface area contributed by atoms with Gasteiger partial charge in [0, 0.05) is 6.61 Å². The Labute approximate surface area is 92.5 Å². The molecule has 0 aliphatic heterocycles. The SMILES string of the molecule is CC=CCC(C)C(C=O)OC(C)OCC. The summed E-state index contributed by atoms with van der Waals surface area (Å²) in [7, 11) is 0. The Balaban J connectivity index is 4.04. The van der Waals surface area contributed by atoms with Crippen molar-refractivity contribution >= 4 is 6.29 Å². The Morgan fingerprint density at radius 2 is 2.00 bits per heavy atom. The van der Waals surface area contributed by atoms with Crippen LogP contribution in [0.25, 0.3) is 0 Å². The third-order valence-electron chi connectivity index (χ3n) is 2.19. The van der Waals surface area contributed by atoms with Crippen LogP contribution in [0.1, 0.15) is 34.1 Å². The molecule has 88 valence electrons. The number of hydrogen-bond acceptors (Lipinski definition) is 3. The third kappa shape index (κ3) is 6.42. The van der Waals surface area contributed by atoms with Gasteiger partial charge in [-0.1, -0.05) is 19.1 Å². The van der Waals surface area contributed by atoms with E-state index in [4.69, 9.17) is 9.47 Å². The summed E-state index contributed by atoms with van der Waals surface area (Å²) in [4.78, 5) is 10.8. The number of rotatable bonds is 8. The molecule has 0 amide bonds. The molecular weight excluding hydrogens is 192 g/mol. The molecule has 0 radical (unpaired) electrons. The van der Waals surface area contributed by atoms with Crippen molar-refractivity contribution in [3.8, 4) is 0 Å². The lowest BCUT2D eigenvalue weighted by Gasteiger charge is -2.22. The maximum atomic E-state index is 10.8. The fourth-order valence-electron chi connectivity index (χ4n) is 1.28. The average molecular weight is 214 g/mol. The zero-order chi connectivity index (χ0) is 11.7. The van der Waals surface area contributed by atoms with Crippen LogP contribution in [0.3, 0.4) is 0 Å². The standard InChI is InChI=1S/C12H22O3/c1-5-7-8-10(3)12(9-13)15-11(4)14-6-2/h5,7,9-12H,6,8H2,1-4H3. The number of ether oxygens (including phenoxy) is 2. The van der Waals surface area contributed by atoms with Gasteiger partial charge in [0.15, 0.2) is 6.29 Å². The lowest BCUT2D eigenvalue weighted by molar-refractivity contribution is -0.170. The first kappa shape index (κ1) is 14.3. The molecule has 0 heterocycles. The van der Waals surface area contributed by atoms with E-state index in [0.29, 0.717) is 6.61 Å². The first-order valence-electron chi connectivity index (χ1n) is 5.49. The molecule has 0 aromatic carbocycles. The van der Waals surface area contributed by atoms with Crippen LogP contribution in [0.5, 0.6) is 0 Å². The predicted molar refractivity (Wildman–Crippen MR) is 60.6 cm³/mol. The van der Waals surface area contributed by atoms with Crippen molar-refractivity contribution in [3.05, 3.63) is 12.2 Å². The molecule has 0 aliphatic carbocycles. The summed E-state index contributed by atoms with van der Waals surface area (Å²) < 4.78 is 10.7. The van der Waals surface area contributed by atoms with Crippen molar-refractivity contribution < 1.29 is 14.3 Å². The molecule has 0 aromatic heterocycles. The molecule has 0 rings (SSSR count). The summed E-state index contributed by atoms with van der Waals surface area (Å²) in [6, 6.07) is 0. The normalized spacial score (nSPS) is 17.6. The van der Waals surface area contributed by atoms with Gasteiger partial charge in [0.05, 0.1) is 0 Å². The molecule has 3 heteroatoms. The van der Waals surface area contributed by atoms with E-state index >= 15 is 0 Å². The van der Waals surface area contributed by atoms with E-state index in [9.17, 15) is 4.79 Å². The Kier molecular flexibility index (Phi) is 8.24. The Morgan fingerprint density at radius 3 is 2.47 bits per heavy atom. The number of hydrogen-bond donors (Lipinski definition) is 0. The van der Waals surface area contributed by atoms with Crippen molar-refractivity contribution in [3.63, 3.8) is 0 Å². The van der Waals surface area contributed by atoms with E-state index in [1.165, 1.54) is 0 Å². The minimum Gasteiger partial charge on any atom is -0.353 e. The smallest absolute Gasteiger partial charge is 0.155 e. The second-order valence-corrected chi connectivity index (χ2v) is 3.54. The van der Waals surface area contributed by atoms with Gasteiger partial charge in [0.25, 0.3) is 0 Å². The van der Waals surface area contributed by atoms with Crippen LogP contribution in [-0.2, 0) is 14.3 Å². The molecule has 3 nitrogen and oxygen atoms in total. The second-order valence-electron chi connectivity index (χ2n) is 3.54.